The van der Waals surface area contributed by atoms with Crippen LogP contribution in [0.4, 0.5) is 4.39 Å². The molecule has 4 rings (SSSR count). The molecule has 1 aliphatic rings. The van der Waals surface area contributed by atoms with Crippen LogP contribution < -0.4 is 0 Å². The predicted octanol–water partition coefficient (Wildman–Crippen LogP) is 4.54. The van der Waals surface area contributed by atoms with Crippen LogP contribution in [0.1, 0.15) is 44.2 Å². The quantitative estimate of drug-likeness (QED) is 0.655. The van der Waals surface area contributed by atoms with Gasteiger partial charge in [0.05, 0.1) is 11.9 Å². The van der Waals surface area contributed by atoms with Crippen LogP contribution in [0.15, 0.2) is 51.2 Å². The van der Waals surface area contributed by atoms with E-state index in [4.69, 9.17) is 14.1 Å². The molecule has 6 nitrogen and oxygen atoms in total. The second kappa shape index (κ2) is 8.22. The molecule has 0 aliphatic carbocycles. The number of pyridine rings is 2. The first-order chi connectivity index (χ1) is 13.9. The van der Waals surface area contributed by atoms with E-state index in [2.05, 4.69) is 9.97 Å². The topological polar surface area (TPSA) is 81.3 Å². The van der Waals surface area contributed by atoms with Crippen molar-refractivity contribution in [3.05, 3.63) is 54.1 Å². The highest BCUT2D eigenvalue weighted by Gasteiger charge is 2.26. The minimum Gasteiger partial charge on any atom is -0.433 e. The van der Waals surface area contributed by atoms with Gasteiger partial charge in [-0.05, 0) is 62.7 Å². The minimum atomic E-state index is -1.02. The van der Waals surface area contributed by atoms with Gasteiger partial charge in [0.25, 0.3) is 0 Å². The van der Waals surface area contributed by atoms with Crippen molar-refractivity contribution in [3.8, 4) is 11.3 Å². The molecule has 0 radical (unpaired) electrons. The molecular formula is C21H22FN3O3S. The average molecular weight is 415 g/mol. The maximum atomic E-state index is 13.2. The lowest BCUT2D eigenvalue weighted by Gasteiger charge is -2.18. The number of aliphatic hydroxyl groups is 1. The molecule has 0 amide bonds. The molecule has 0 spiro atoms. The largest absolute Gasteiger partial charge is 0.433 e. The maximum absolute atomic E-state index is 13.2. The van der Waals surface area contributed by atoms with Gasteiger partial charge in [-0.3, -0.25) is 4.98 Å². The van der Waals surface area contributed by atoms with E-state index in [1.165, 1.54) is 24.0 Å². The van der Waals surface area contributed by atoms with E-state index in [1.54, 1.807) is 32.2 Å². The van der Waals surface area contributed by atoms with Crippen molar-refractivity contribution in [2.45, 2.75) is 48.3 Å². The summed E-state index contributed by atoms with van der Waals surface area (Å²) in [4.78, 5) is 13.3. The Bertz CT molecular complexity index is 962. The Morgan fingerprint density at radius 3 is 2.52 bits per heavy atom. The molecule has 1 N–H and O–H groups in total. The molecule has 4 heterocycles. The van der Waals surface area contributed by atoms with Crippen molar-refractivity contribution < 1.29 is 18.7 Å². The molecule has 0 atom stereocenters. The lowest BCUT2D eigenvalue weighted by molar-refractivity contribution is 0.0739. The van der Waals surface area contributed by atoms with E-state index < -0.39 is 5.60 Å². The number of hydrogen-bond acceptors (Lipinski definition) is 7. The normalized spacial score (nSPS) is 15.6. The van der Waals surface area contributed by atoms with E-state index >= 15 is 0 Å². The fourth-order valence-electron chi connectivity index (χ4n) is 3.11. The molecule has 0 saturated carbocycles. The minimum absolute atomic E-state index is 0.196. The molecule has 1 aliphatic heterocycles. The number of halogens is 1. The van der Waals surface area contributed by atoms with Crippen molar-refractivity contribution in [3.63, 3.8) is 0 Å². The van der Waals surface area contributed by atoms with Crippen molar-refractivity contribution >= 4 is 11.8 Å². The smallest absolute Gasteiger partial charge is 0.199 e. The highest BCUT2D eigenvalue weighted by Crippen LogP contribution is 2.39. The predicted molar refractivity (Wildman–Crippen MR) is 106 cm³/mol. The molecule has 1 saturated heterocycles. The molecule has 1 fully saturated rings. The number of aromatic nitrogens is 3. The first-order valence-electron chi connectivity index (χ1n) is 9.47. The van der Waals surface area contributed by atoms with Crippen LogP contribution >= 0.6 is 11.8 Å². The second-order valence-corrected chi connectivity index (χ2v) is 8.48. The van der Waals surface area contributed by atoms with Gasteiger partial charge < -0.3 is 14.3 Å². The van der Waals surface area contributed by atoms with Crippen LogP contribution in [0.5, 0.6) is 0 Å². The van der Waals surface area contributed by atoms with Gasteiger partial charge in [-0.2, -0.15) is 0 Å². The average Bonchev–Trinajstić information content (AvgIpc) is 3.14. The summed E-state index contributed by atoms with van der Waals surface area (Å²) < 4.78 is 24.8. The molecule has 0 aromatic carbocycles. The zero-order valence-corrected chi connectivity index (χ0v) is 17.1. The highest BCUT2D eigenvalue weighted by molar-refractivity contribution is 7.99. The molecule has 8 heteroatoms. The molecular weight excluding hydrogens is 393 g/mol. The highest BCUT2D eigenvalue weighted by atomic mass is 32.2. The Hall–Kier alpha value is -2.29. The molecule has 3 aromatic heterocycles. The SMILES string of the molecule is CC(C)(O)c1ccc(-c2nc(C3CCOCC3)oc2Sc2ccc(F)cn2)cn1. The van der Waals surface area contributed by atoms with Gasteiger partial charge >= 0.3 is 0 Å². The first-order valence-corrected chi connectivity index (χ1v) is 10.3. The summed E-state index contributed by atoms with van der Waals surface area (Å²) in [5.74, 6) is 0.475. The third-order valence-electron chi connectivity index (χ3n) is 4.74. The van der Waals surface area contributed by atoms with Crippen LogP contribution in [-0.2, 0) is 10.3 Å². The summed E-state index contributed by atoms with van der Waals surface area (Å²) in [5.41, 5.74) is 0.997. The lowest BCUT2D eigenvalue weighted by atomic mass is 10.0. The number of ether oxygens (including phenoxy) is 1. The molecule has 3 aromatic rings. The van der Waals surface area contributed by atoms with E-state index in [-0.39, 0.29) is 11.7 Å². The molecule has 29 heavy (non-hydrogen) atoms. The van der Waals surface area contributed by atoms with Crippen molar-refractivity contribution in [2.75, 3.05) is 13.2 Å². The van der Waals surface area contributed by atoms with Gasteiger partial charge in [0.2, 0.25) is 0 Å². The van der Waals surface area contributed by atoms with Crippen LogP contribution in [0.3, 0.4) is 0 Å². The summed E-state index contributed by atoms with van der Waals surface area (Å²) in [6.07, 6.45) is 4.57. The van der Waals surface area contributed by atoms with E-state index in [0.29, 0.717) is 40.6 Å². The summed E-state index contributed by atoms with van der Waals surface area (Å²) in [5, 5.41) is 11.3. The Morgan fingerprint density at radius 2 is 1.90 bits per heavy atom. The molecule has 0 bridgehead atoms. The summed E-state index contributed by atoms with van der Waals surface area (Å²) in [6.45, 7) is 4.75. The zero-order valence-electron chi connectivity index (χ0n) is 16.3. The zero-order chi connectivity index (χ0) is 20.4. The van der Waals surface area contributed by atoms with E-state index in [0.717, 1.165) is 18.4 Å². The third kappa shape index (κ3) is 4.66. The second-order valence-electron chi connectivity index (χ2n) is 7.48. The lowest BCUT2D eigenvalue weighted by Crippen LogP contribution is -2.17. The fourth-order valence-corrected chi connectivity index (χ4v) is 3.92. The van der Waals surface area contributed by atoms with Gasteiger partial charge in [0, 0.05) is 30.9 Å². The Balaban J connectivity index is 1.69. The maximum Gasteiger partial charge on any atom is 0.199 e. The number of nitrogens with zero attached hydrogens (tertiary/aromatic N) is 3. The fraction of sp³-hybridized carbons (Fsp3) is 0.381. The Morgan fingerprint density at radius 1 is 1.10 bits per heavy atom. The van der Waals surface area contributed by atoms with Crippen LogP contribution in [0, 0.1) is 5.82 Å². The standard InChI is InChI=1S/C21H22FN3O3S/c1-21(2,26)16-5-3-14(11-23-16)18-20(29-17-6-4-15(22)12-24-17)28-19(25-18)13-7-9-27-10-8-13/h3-6,11-13,26H,7-10H2,1-2H3. The van der Waals surface area contributed by atoms with Gasteiger partial charge in [-0.25, -0.2) is 14.4 Å². The third-order valence-corrected chi connectivity index (χ3v) is 5.66. The van der Waals surface area contributed by atoms with Crippen molar-refractivity contribution in [2.24, 2.45) is 0 Å². The van der Waals surface area contributed by atoms with Gasteiger partial charge in [-0.1, -0.05) is 0 Å². The van der Waals surface area contributed by atoms with E-state index in [9.17, 15) is 9.50 Å². The van der Waals surface area contributed by atoms with Gasteiger partial charge in [0.15, 0.2) is 11.0 Å². The number of oxazole rings is 1. The van der Waals surface area contributed by atoms with Crippen molar-refractivity contribution in [1.29, 1.82) is 0 Å². The van der Waals surface area contributed by atoms with Crippen LogP contribution in [0.2, 0.25) is 0 Å². The van der Waals surface area contributed by atoms with Gasteiger partial charge in [0.1, 0.15) is 22.1 Å². The summed E-state index contributed by atoms with van der Waals surface area (Å²) in [6, 6.07) is 6.62. The number of hydrogen-bond donors (Lipinski definition) is 1. The molecule has 152 valence electrons. The Kier molecular flexibility index (Phi) is 5.67. The number of rotatable bonds is 5. The monoisotopic (exact) mass is 415 g/mol. The van der Waals surface area contributed by atoms with Gasteiger partial charge in [-0.15, -0.1) is 0 Å². The summed E-state index contributed by atoms with van der Waals surface area (Å²) >= 11 is 1.30. The Labute approximate surface area is 172 Å². The van der Waals surface area contributed by atoms with E-state index in [1.807, 2.05) is 6.07 Å². The first kappa shape index (κ1) is 20.0. The molecule has 0 unspecified atom stereocenters. The van der Waals surface area contributed by atoms with Crippen LogP contribution in [-0.4, -0.2) is 33.3 Å². The van der Waals surface area contributed by atoms with Crippen LogP contribution in [0.25, 0.3) is 11.3 Å². The summed E-state index contributed by atoms with van der Waals surface area (Å²) in [7, 11) is 0. The van der Waals surface area contributed by atoms with Crippen molar-refractivity contribution in [1.82, 2.24) is 15.0 Å².